The Kier molecular flexibility index (Phi) is 2.46. The van der Waals surface area contributed by atoms with Crippen molar-refractivity contribution in [2.45, 2.75) is 0 Å². The van der Waals surface area contributed by atoms with E-state index in [1.54, 1.807) is 11.7 Å². The van der Waals surface area contributed by atoms with Gasteiger partial charge in [0.15, 0.2) is 0 Å². The lowest BCUT2D eigenvalue weighted by Crippen LogP contribution is -1.89. The Morgan fingerprint density at radius 3 is 2.82 bits per heavy atom. The number of benzene rings is 1. The number of thiazole rings is 1. The minimum absolute atomic E-state index is 0.686. The minimum atomic E-state index is 0.686. The van der Waals surface area contributed by atoms with Crippen molar-refractivity contribution >= 4 is 38.8 Å². The van der Waals surface area contributed by atoms with Crippen LogP contribution in [0.4, 0.5) is 5.00 Å². The van der Waals surface area contributed by atoms with Crippen LogP contribution in [0.3, 0.4) is 0 Å². The van der Waals surface area contributed by atoms with Crippen molar-refractivity contribution in [2.24, 2.45) is 0 Å². The maximum atomic E-state index is 6.14. The van der Waals surface area contributed by atoms with E-state index in [1.807, 2.05) is 24.3 Å². The summed E-state index contributed by atoms with van der Waals surface area (Å²) in [5.41, 5.74) is 10.2. The number of nitrogen functional groups attached to an aromatic ring is 1. The van der Waals surface area contributed by atoms with Crippen LogP contribution in [0.1, 0.15) is 0 Å². The van der Waals surface area contributed by atoms with Gasteiger partial charge in [0.2, 0.25) is 0 Å². The molecule has 0 bridgehead atoms. The summed E-state index contributed by atoms with van der Waals surface area (Å²) in [6, 6.07) is 7.56. The molecule has 2 heterocycles. The molecule has 2 N–H and O–H groups in total. The van der Waals surface area contributed by atoms with Gasteiger partial charge < -0.3 is 5.73 Å². The first kappa shape index (κ1) is 10.5. The molecule has 1 aromatic carbocycles. The molecule has 0 aliphatic carbocycles. The molecule has 3 rings (SSSR count). The monoisotopic (exact) mass is 261 g/mol. The number of rotatable bonds is 1. The first-order valence-electron chi connectivity index (χ1n) is 5.00. The predicted molar refractivity (Wildman–Crippen MR) is 72.3 cm³/mol. The molecule has 0 fully saturated rings. The van der Waals surface area contributed by atoms with Crippen molar-refractivity contribution in [1.82, 2.24) is 9.97 Å². The fraction of sp³-hybridized carbons (Fsp3) is 0. The fourth-order valence-corrected chi connectivity index (χ4v) is 2.55. The highest BCUT2D eigenvalue weighted by Crippen LogP contribution is 2.34. The normalized spacial score (nSPS) is 10.9. The van der Waals surface area contributed by atoms with Gasteiger partial charge in [0.05, 0.1) is 16.0 Å². The second kappa shape index (κ2) is 3.98. The zero-order valence-corrected chi connectivity index (χ0v) is 10.3. The molecule has 2 aromatic heterocycles. The van der Waals surface area contributed by atoms with Gasteiger partial charge in [-0.1, -0.05) is 11.6 Å². The van der Waals surface area contributed by atoms with Gasteiger partial charge in [0.25, 0.3) is 0 Å². The first-order valence-corrected chi connectivity index (χ1v) is 6.25. The highest BCUT2D eigenvalue weighted by molar-refractivity contribution is 7.14. The molecule has 5 heteroatoms. The van der Waals surface area contributed by atoms with E-state index in [-0.39, 0.29) is 0 Å². The van der Waals surface area contributed by atoms with Crippen molar-refractivity contribution < 1.29 is 0 Å². The summed E-state index contributed by atoms with van der Waals surface area (Å²) in [7, 11) is 0. The third-order valence-corrected chi connectivity index (χ3v) is 3.55. The van der Waals surface area contributed by atoms with Gasteiger partial charge in [-0.05, 0) is 24.3 Å². The Balaban J connectivity index is 2.39. The minimum Gasteiger partial charge on any atom is -0.389 e. The van der Waals surface area contributed by atoms with E-state index in [0.29, 0.717) is 10.0 Å². The lowest BCUT2D eigenvalue weighted by molar-refractivity contribution is 1.38. The molecule has 3 aromatic rings. The summed E-state index contributed by atoms with van der Waals surface area (Å²) in [4.78, 5) is 8.64. The van der Waals surface area contributed by atoms with Gasteiger partial charge in [-0.2, -0.15) is 0 Å². The molecule has 3 nitrogen and oxygen atoms in total. The lowest BCUT2D eigenvalue weighted by atomic mass is 10.1. The van der Waals surface area contributed by atoms with Gasteiger partial charge in [-0.25, -0.2) is 4.98 Å². The Labute approximate surface area is 107 Å². The number of hydrogen-bond acceptors (Lipinski definition) is 4. The predicted octanol–water partition coefficient (Wildman–Crippen LogP) is 3.59. The highest BCUT2D eigenvalue weighted by Gasteiger charge is 2.12. The largest absolute Gasteiger partial charge is 0.389 e. The van der Waals surface area contributed by atoms with E-state index < -0.39 is 0 Å². The van der Waals surface area contributed by atoms with Gasteiger partial charge >= 0.3 is 0 Å². The van der Waals surface area contributed by atoms with Crippen LogP contribution in [-0.2, 0) is 0 Å². The average molecular weight is 262 g/mol. The number of nitrogens with two attached hydrogens (primary N) is 1. The summed E-state index contributed by atoms with van der Waals surface area (Å²) in [6.45, 7) is 0. The summed E-state index contributed by atoms with van der Waals surface area (Å²) in [5.74, 6) is 0. The van der Waals surface area contributed by atoms with Crippen LogP contribution in [-0.4, -0.2) is 9.97 Å². The molecule has 84 valence electrons. The number of anilines is 1. The smallest absolute Gasteiger partial charge is 0.114 e. The second-order valence-corrected chi connectivity index (χ2v) is 4.85. The van der Waals surface area contributed by atoms with Gasteiger partial charge in [0, 0.05) is 17.1 Å². The van der Waals surface area contributed by atoms with Crippen molar-refractivity contribution in [3.05, 3.63) is 41.0 Å². The second-order valence-electron chi connectivity index (χ2n) is 3.56. The number of halogens is 1. The standard InChI is InChI=1S/C12H8ClN3S/c13-9-4-3-8(11-12(14)17-6-16-11)10-7(9)2-1-5-15-10/h1-6H,14H2. The third kappa shape index (κ3) is 1.66. The Morgan fingerprint density at radius 1 is 1.18 bits per heavy atom. The Bertz CT molecular complexity index is 693. The van der Waals surface area contributed by atoms with Crippen molar-refractivity contribution in [2.75, 3.05) is 5.73 Å². The molecule has 0 amide bonds. The van der Waals surface area contributed by atoms with E-state index in [9.17, 15) is 0 Å². The molecule has 0 radical (unpaired) electrons. The quantitative estimate of drug-likeness (QED) is 0.728. The molecule has 0 saturated heterocycles. The third-order valence-electron chi connectivity index (χ3n) is 2.57. The topological polar surface area (TPSA) is 51.8 Å². The molecule has 0 aliphatic rings. The average Bonchev–Trinajstić information content (AvgIpc) is 2.77. The maximum Gasteiger partial charge on any atom is 0.114 e. The summed E-state index contributed by atoms with van der Waals surface area (Å²) in [6.07, 6.45) is 1.74. The molecule has 0 aliphatic heterocycles. The Hall–Kier alpha value is -1.65. The van der Waals surface area contributed by atoms with Crippen LogP contribution in [0.15, 0.2) is 36.0 Å². The van der Waals surface area contributed by atoms with E-state index >= 15 is 0 Å². The van der Waals surface area contributed by atoms with Crippen LogP contribution in [0.25, 0.3) is 22.2 Å². The molecular weight excluding hydrogens is 254 g/mol. The SMILES string of the molecule is Nc1scnc1-c1ccc(Cl)c2cccnc12. The molecule has 0 atom stereocenters. The molecule has 0 spiro atoms. The first-order chi connectivity index (χ1) is 8.27. The number of pyridine rings is 1. The van der Waals surface area contributed by atoms with Gasteiger partial charge in [0.1, 0.15) is 10.7 Å². The zero-order valence-electron chi connectivity index (χ0n) is 8.72. The van der Waals surface area contributed by atoms with Crippen molar-refractivity contribution in [1.29, 1.82) is 0 Å². The van der Waals surface area contributed by atoms with Gasteiger partial charge in [-0.15, -0.1) is 11.3 Å². The van der Waals surface area contributed by atoms with Crippen LogP contribution in [0.2, 0.25) is 5.02 Å². The molecule has 17 heavy (non-hydrogen) atoms. The summed E-state index contributed by atoms with van der Waals surface area (Å²) in [5, 5.41) is 2.30. The lowest BCUT2D eigenvalue weighted by Gasteiger charge is -2.05. The fourth-order valence-electron chi connectivity index (χ4n) is 1.79. The van der Waals surface area contributed by atoms with Gasteiger partial charge in [-0.3, -0.25) is 4.98 Å². The molecule has 0 saturated carbocycles. The zero-order chi connectivity index (χ0) is 11.8. The summed E-state index contributed by atoms with van der Waals surface area (Å²) >= 11 is 7.56. The Morgan fingerprint density at radius 2 is 2.06 bits per heavy atom. The highest BCUT2D eigenvalue weighted by atomic mass is 35.5. The maximum absolute atomic E-state index is 6.14. The summed E-state index contributed by atoms with van der Waals surface area (Å²) < 4.78 is 0. The number of fused-ring (bicyclic) bond motifs is 1. The van der Waals surface area contributed by atoms with E-state index in [4.69, 9.17) is 17.3 Å². The van der Waals surface area contributed by atoms with E-state index in [2.05, 4.69) is 9.97 Å². The van der Waals surface area contributed by atoms with Crippen molar-refractivity contribution in [3.8, 4) is 11.3 Å². The van der Waals surface area contributed by atoms with Crippen molar-refractivity contribution in [3.63, 3.8) is 0 Å². The van der Waals surface area contributed by atoms with E-state index in [0.717, 1.165) is 22.2 Å². The van der Waals surface area contributed by atoms with Crippen LogP contribution in [0, 0.1) is 0 Å². The van der Waals surface area contributed by atoms with Crippen LogP contribution >= 0.6 is 22.9 Å². The number of nitrogens with zero attached hydrogens (tertiary/aromatic N) is 2. The number of aromatic nitrogens is 2. The molecular formula is C12H8ClN3S. The van der Waals surface area contributed by atoms with Crippen LogP contribution < -0.4 is 5.73 Å². The molecule has 0 unspecified atom stereocenters. The number of hydrogen-bond donors (Lipinski definition) is 1. The van der Waals surface area contributed by atoms with E-state index in [1.165, 1.54) is 11.3 Å². The van der Waals surface area contributed by atoms with Crippen LogP contribution in [0.5, 0.6) is 0 Å².